The molecule has 0 spiro atoms. The van der Waals surface area contributed by atoms with E-state index in [1.165, 1.54) is 12.5 Å². The maximum absolute atomic E-state index is 11.0. The zero-order chi connectivity index (χ0) is 14.4. The highest BCUT2D eigenvalue weighted by Gasteiger charge is 2.10. The summed E-state index contributed by atoms with van der Waals surface area (Å²) in [6.45, 7) is 2.86. The van der Waals surface area contributed by atoms with Crippen molar-refractivity contribution in [1.29, 1.82) is 0 Å². The number of benzene rings is 1. The molecule has 20 heavy (non-hydrogen) atoms. The number of nitrogens with zero attached hydrogens (tertiary/aromatic N) is 2. The Morgan fingerprint density at radius 3 is 2.75 bits per heavy atom. The molecule has 2 rings (SSSR count). The summed E-state index contributed by atoms with van der Waals surface area (Å²) in [6.07, 6.45) is 2.63. The average Bonchev–Trinajstić information content (AvgIpc) is 2.47. The fourth-order valence-corrected chi connectivity index (χ4v) is 1.70. The van der Waals surface area contributed by atoms with Gasteiger partial charge in [-0.2, -0.15) is 0 Å². The van der Waals surface area contributed by atoms with Gasteiger partial charge in [-0.05, 0) is 31.2 Å². The Balaban J connectivity index is 2.03. The van der Waals surface area contributed by atoms with Crippen LogP contribution in [0.25, 0.3) is 0 Å². The quantitative estimate of drug-likeness (QED) is 0.839. The van der Waals surface area contributed by atoms with Crippen LogP contribution in [0.4, 0.5) is 5.69 Å². The fourth-order valence-electron chi connectivity index (χ4n) is 1.70. The maximum atomic E-state index is 11.0. The van der Waals surface area contributed by atoms with Crippen molar-refractivity contribution in [2.24, 2.45) is 0 Å². The van der Waals surface area contributed by atoms with Crippen molar-refractivity contribution in [3.05, 3.63) is 48.0 Å². The molecular formula is C14H15N3O3. The van der Waals surface area contributed by atoms with Gasteiger partial charge < -0.3 is 15.2 Å². The van der Waals surface area contributed by atoms with E-state index in [0.29, 0.717) is 18.8 Å². The molecule has 0 aliphatic rings. The van der Waals surface area contributed by atoms with Gasteiger partial charge in [-0.3, -0.25) is 0 Å². The van der Waals surface area contributed by atoms with Gasteiger partial charge in [-0.25, -0.2) is 14.8 Å². The highest BCUT2D eigenvalue weighted by atomic mass is 16.5. The molecule has 0 saturated carbocycles. The van der Waals surface area contributed by atoms with E-state index in [2.05, 4.69) is 15.3 Å². The number of hydrogen-bond acceptors (Lipinski definition) is 5. The summed E-state index contributed by atoms with van der Waals surface area (Å²) in [6, 6.07) is 7.44. The Morgan fingerprint density at radius 1 is 1.35 bits per heavy atom. The van der Waals surface area contributed by atoms with Gasteiger partial charge in [-0.15, -0.1) is 0 Å². The number of carbonyl (C=O) groups is 1. The van der Waals surface area contributed by atoms with Crippen LogP contribution in [0.5, 0.6) is 5.75 Å². The molecule has 0 atom stereocenters. The molecule has 0 amide bonds. The number of carboxylic acids is 1. The molecule has 1 heterocycles. The maximum Gasteiger partial charge on any atom is 0.339 e. The van der Waals surface area contributed by atoms with Crippen LogP contribution in [-0.4, -0.2) is 27.7 Å². The second-order valence-electron chi connectivity index (χ2n) is 4.00. The third kappa shape index (κ3) is 3.44. The van der Waals surface area contributed by atoms with Crippen molar-refractivity contribution in [3.8, 4) is 5.75 Å². The molecule has 1 aromatic heterocycles. The van der Waals surface area contributed by atoms with E-state index in [4.69, 9.17) is 9.84 Å². The molecule has 0 radical (unpaired) electrons. The first-order chi connectivity index (χ1) is 9.70. The van der Waals surface area contributed by atoms with Gasteiger partial charge in [0.1, 0.15) is 17.6 Å². The molecule has 2 aromatic rings. The summed E-state index contributed by atoms with van der Waals surface area (Å²) >= 11 is 0. The minimum Gasteiger partial charge on any atom is -0.494 e. The Labute approximate surface area is 116 Å². The number of hydrogen-bond donors (Lipinski definition) is 2. The lowest BCUT2D eigenvalue weighted by Gasteiger charge is -2.09. The highest BCUT2D eigenvalue weighted by molar-refractivity contribution is 5.88. The van der Waals surface area contributed by atoms with Crippen LogP contribution in [0.2, 0.25) is 0 Å². The topological polar surface area (TPSA) is 84.3 Å². The first kappa shape index (κ1) is 13.8. The largest absolute Gasteiger partial charge is 0.494 e. The zero-order valence-electron chi connectivity index (χ0n) is 11.0. The van der Waals surface area contributed by atoms with Crippen LogP contribution in [0, 0.1) is 0 Å². The summed E-state index contributed by atoms with van der Waals surface area (Å²) in [7, 11) is 0. The van der Waals surface area contributed by atoms with Crippen LogP contribution >= 0.6 is 0 Å². The van der Waals surface area contributed by atoms with Gasteiger partial charge in [0.05, 0.1) is 18.8 Å². The molecule has 0 saturated heterocycles. The summed E-state index contributed by atoms with van der Waals surface area (Å²) in [5.74, 6) is -0.236. The number of rotatable bonds is 6. The van der Waals surface area contributed by atoms with E-state index >= 15 is 0 Å². The van der Waals surface area contributed by atoms with E-state index in [1.54, 1.807) is 0 Å². The Kier molecular flexibility index (Phi) is 4.49. The smallest absolute Gasteiger partial charge is 0.339 e. The number of aromatic carboxylic acids is 1. The van der Waals surface area contributed by atoms with Gasteiger partial charge in [0, 0.05) is 11.9 Å². The summed E-state index contributed by atoms with van der Waals surface area (Å²) < 4.78 is 5.35. The molecule has 0 unspecified atom stereocenters. The second-order valence-corrected chi connectivity index (χ2v) is 4.00. The third-order valence-electron chi connectivity index (χ3n) is 2.65. The highest BCUT2D eigenvalue weighted by Crippen LogP contribution is 2.16. The van der Waals surface area contributed by atoms with E-state index in [0.717, 1.165) is 11.4 Å². The first-order valence-electron chi connectivity index (χ1n) is 6.19. The Hall–Kier alpha value is -2.63. The van der Waals surface area contributed by atoms with Crippen LogP contribution in [0.15, 0.2) is 36.8 Å². The molecule has 1 aromatic carbocycles. The van der Waals surface area contributed by atoms with Crippen molar-refractivity contribution in [2.75, 3.05) is 11.9 Å². The Bertz CT molecular complexity index is 584. The van der Waals surface area contributed by atoms with Gasteiger partial charge >= 0.3 is 5.97 Å². The number of aromatic nitrogens is 2. The predicted molar refractivity (Wildman–Crippen MR) is 73.9 cm³/mol. The summed E-state index contributed by atoms with van der Waals surface area (Å²) in [5.41, 5.74) is 1.41. The standard InChI is InChI=1S/C14H15N3O3/c1-2-20-11-5-3-10(4-6-11)16-8-13-12(14(18)19)7-15-9-17-13/h3-7,9,16H,2,8H2,1H3,(H,18,19). The lowest BCUT2D eigenvalue weighted by atomic mass is 10.2. The Morgan fingerprint density at radius 2 is 2.10 bits per heavy atom. The molecular weight excluding hydrogens is 258 g/mol. The van der Waals surface area contributed by atoms with E-state index in [1.807, 2.05) is 31.2 Å². The molecule has 0 aliphatic heterocycles. The summed E-state index contributed by atoms with van der Waals surface area (Å²) in [5, 5.41) is 12.2. The van der Waals surface area contributed by atoms with Crippen molar-refractivity contribution >= 4 is 11.7 Å². The number of carboxylic acid groups (broad SMARTS) is 1. The van der Waals surface area contributed by atoms with E-state index < -0.39 is 5.97 Å². The molecule has 104 valence electrons. The molecule has 2 N–H and O–H groups in total. The first-order valence-corrected chi connectivity index (χ1v) is 6.19. The minimum atomic E-state index is -1.03. The molecule has 0 fully saturated rings. The molecule has 6 nitrogen and oxygen atoms in total. The molecule has 0 bridgehead atoms. The van der Waals surface area contributed by atoms with Gasteiger partial charge in [0.25, 0.3) is 0 Å². The van der Waals surface area contributed by atoms with Gasteiger partial charge in [0.15, 0.2) is 0 Å². The average molecular weight is 273 g/mol. The van der Waals surface area contributed by atoms with Gasteiger partial charge in [0.2, 0.25) is 0 Å². The summed E-state index contributed by atoms with van der Waals surface area (Å²) in [4.78, 5) is 18.7. The SMILES string of the molecule is CCOc1ccc(NCc2ncncc2C(=O)O)cc1. The van der Waals surface area contributed by atoms with Crippen LogP contribution in [-0.2, 0) is 6.54 Å². The van der Waals surface area contributed by atoms with E-state index in [-0.39, 0.29) is 5.56 Å². The van der Waals surface area contributed by atoms with Crippen molar-refractivity contribution < 1.29 is 14.6 Å². The second kappa shape index (κ2) is 6.51. The number of nitrogens with one attached hydrogen (secondary N) is 1. The number of anilines is 1. The van der Waals surface area contributed by atoms with Crippen LogP contribution in [0.1, 0.15) is 23.0 Å². The third-order valence-corrected chi connectivity index (χ3v) is 2.65. The lowest BCUT2D eigenvalue weighted by molar-refractivity contribution is 0.0694. The van der Waals surface area contributed by atoms with Crippen LogP contribution < -0.4 is 10.1 Å². The van der Waals surface area contributed by atoms with Crippen molar-refractivity contribution in [1.82, 2.24) is 9.97 Å². The number of ether oxygens (including phenoxy) is 1. The molecule has 6 heteroatoms. The monoisotopic (exact) mass is 273 g/mol. The van der Waals surface area contributed by atoms with Gasteiger partial charge in [-0.1, -0.05) is 0 Å². The van der Waals surface area contributed by atoms with Crippen LogP contribution in [0.3, 0.4) is 0 Å². The predicted octanol–water partition coefficient (Wildman–Crippen LogP) is 2.19. The van der Waals surface area contributed by atoms with Crippen molar-refractivity contribution in [3.63, 3.8) is 0 Å². The minimum absolute atomic E-state index is 0.103. The fraction of sp³-hybridized carbons (Fsp3) is 0.214. The van der Waals surface area contributed by atoms with E-state index in [9.17, 15) is 4.79 Å². The zero-order valence-corrected chi connectivity index (χ0v) is 11.0. The molecule has 0 aliphatic carbocycles. The normalized spacial score (nSPS) is 10.1. The lowest BCUT2D eigenvalue weighted by Crippen LogP contribution is -2.10. The van der Waals surface area contributed by atoms with Crippen molar-refractivity contribution in [2.45, 2.75) is 13.5 Å².